The van der Waals surface area contributed by atoms with Gasteiger partial charge >= 0.3 is 6.01 Å². The monoisotopic (exact) mass is 378 g/mol. The highest BCUT2D eigenvalue weighted by Gasteiger charge is 2.11. The van der Waals surface area contributed by atoms with Gasteiger partial charge in [0.1, 0.15) is 12.4 Å². The van der Waals surface area contributed by atoms with Gasteiger partial charge in [-0.1, -0.05) is 18.2 Å². The highest BCUT2D eigenvalue weighted by molar-refractivity contribution is 7.80. The lowest BCUT2D eigenvalue weighted by Crippen LogP contribution is -2.21. The number of ether oxygens (including phenoxy) is 1. The molecule has 0 aliphatic rings. The zero-order chi connectivity index (χ0) is 17.6. The molecule has 2 N–H and O–H groups in total. The fourth-order valence-corrected chi connectivity index (χ4v) is 2.68. The van der Waals surface area contributed by atoms with E-state index in [0.29, 0.717) is 0 Å². The molecule has 3 rings (SSSR count). The minimum absolute atomic E-state index is 0.00555. The SMILES string of the molecule is Fc1ccccc1NC(=S)Nc1nc(OCc2cccs2)ncc1F. The Bertz CT molecular complexity index is 874. The van der Waals surface area contributed by atoms with Crippen LogP contribution in [0.25, 0.3) is 0 Å². The Labute approximate surface area is 151 Å². The minimum atomic E-state index is -0.707. The molecule has 0 radical (unpaired) electrons. The van der Waals surface area contributed by atoms with Gasteiger partial charge in [0.25, 0.3) is 0 Å². The number of rotatable bonds is 5. The van der Waals surface area contributed by atoms with Gasteiger partial charge < -0.3 is 15.4 Å². The van der Waals surface area contributed by atoms with Gasteiger partial charge in [0.05, 0.1) is 11.9 Å². The van der Waals surface area contributed by atoms with Crippen LogP contribution in [0.2, 0.25) is 0 Å². The van der Waals surface area contributed by atoms with Crippen LogP contribution in [0.4, 0.5) is 20.3 Å². The maximum absolute atomic E-state index is 13.9. The molecular weight excluding hydrogens is 366 g/mol. The summed E-state index contributed by atoms with van der Waals surface area (Å²) in [7, 11) is 0. The van der Waals surface area contributed by atoms with Crippen molar-refractivity contribution in [2.75, 3.05) is 10.6 Å². The molecule has 0 amide bonds. The number of thiocarbonyl (C=S) groups is 1. The fraction of sp³-hybridized carbons (Fsp3) is 0.0625. The first-order valence-electron chi connectivity index (χ1n) is 7.12. The Morgan fingerprint density at radius 2 is 1.96 bits per heavy atom. The Morgan fingerprint density at radius 1 is 1.12 bits per heavy atom. The van der Waals surface area contributed by atoms with E-state index in [1.165, 1.54) is 23.5 Å². The average molecular weight is 378 g/mol. The molecule has 0 aliphatic heterocycles. The molecule has 0 saturated heterocycles. The number of nitrogens with one attached hydrogen (secondary N) is 2. The number of hydrogen-bond acceptors (Lipinski definition) is 5. The predicted octanol–water partition coefficient (Wildman–Crippen LogP) is 4.20. The van der Waals surface area contributed by atoms with Crippen LogP contribution in [0.15, 0.2) is 48.0 Å². The zero-order valence-corrected chi connectivity index (χ0v) is 14.3. The average Bonchev–Trinajstić information content (AvgIpc) is 3.11. The molecular formula is C16H12F2N4OS2. The molecule has 0 aliphatic carbocycles. The minimum Gasteiger partial charge on any atom is -0.458 e. The van der Waals surface area contributed by atoms with Gasteiger partial charge in [-0.2, -0.15) is 4.98 Å². The molecule has 2 aromatic heterocycles. The number of aromatic nitrogens is 2. The first-order valence-corrected chi connectivity index (χ1v) is 8.41. The predicted molar refractivity (Wildman–Crippen MR) is 96.9 cm³/mol. The molecule has 3 aromatic rings. The second kappa shape index (κ2) is 7.95. The van der Waals surface area contributed by atoms with Crippen LogP contribution in [-0.2, 0) is 6.61 Å². The standard InChI is InChI=1S/C16H12F2N4OS2/c17-11-5-1-2-6-13(11)20-16(24)22-14-12(18)8-19-15(21-14)23-9-10-4-3-7-25-10/h1-8H,9H2,(H2,19,20,21,22,24). The summed E-state index contributed by atoms with van der Waals surface area (Å²) in [4.78, 5) is 8.70. The number of para-hydroxylation sites is 1. The highest BCUT2D eigenvalue weighted by atomic mass is 32.1. The van der Waals surface area contributed by atoms with Crippen LogP contribution in [0.1, 0.15) is 4.88 Å². The van der Waals surface area contributed by atoms with Gasteiger partial charge in [0.2, 0.25) is 0 Å². The van der Waals surface area contributed by atoms with E-state index in [4.69, 9.17) is 17.0 Å². The molecule has 0 spiro atoms. The molecule has 1 aromatic carbocycles. The summed E-state index contributed by atoms with van der Waals surface area (Å²) < 4.78 is 32.9. The van der Waals surface area contributed by atoms with E-state index in [1.54, 1.807) is 12.1 Å². The van der Waals surface area contributed by atoms with Crippen molar-refractivity contribution in [3.63, 3.8) is 0 Å². The number of thiophene rings is 1. The Kier molecular flexibility index (Phi) is 5.46. The van der Waals surface area contributed by atoms with Crippen molar-refractivity contribution in [3.05, 3.63) is 64.5 Å². The molecule has 0 atom stereocenters. The van der Waals surface area contributed by atoms with Crippen LogP contribution in [0.5, 0.6) is 6.01 Å². The molecule has 5 nitrogen and oxygen atoms in total. The molecule has 25 heavy (non-hydrogen) atoms. The third-order valence-electron chi connectivity index (χ3n) is 3.00. The lowest BCUT2D eigenvalue weighted by Gasteiger charge is -2.11. The summed E-state index contributed by atoms with van der Waals surface area (Å²) in [6.07, 6.45) is 0.977. The molecule has 2 heterocycles. The zero-order valence-electron chi connectivity index (χ0n) is 12.7. The molecule has 0 fully saturated rings. The van der Waals surface area contributed by atoms with Crippen molar-refractivity contribution in [3.8, 4) is 6.01 Å². The fourth-order valence-electron chi connectivity index (χ4n) is 1.86. The number of halogens is 2. The molecule has 9 heteroatoms. The largest absolute Gasteiger partial charge is 0.458 e. The number of anilines is 2. The van der Waals surface area contributed by atoms with Crippen LogP contribution in [0, 0.1) is 11.6 Å². The van der Waals surface area contributed by atoms with Gasteiger partial charge in [-0.3, -0.25) is 0 Å². The van der Waals surface area contributed by atoms with Crippen molar-refractivity contribution in [2.45, 2.75) is 6.61 Å². The topological polar surface area (TPSA) is 59.1 Å². The van der Waals surface area contributed by atoms with Crippen molar-refractivity contribution in [1.29, 1.82) is 0 Å². The lowest BCUT2D eigenvalue weighted by molar-refractivity contribution is 0.283. The van der Waals surface area contributed by atoms with Crippen LogP contribution >= 0.6 is 23.6 Å². The summed E-state index contributed by atoms with van der Waals surface area (Å²) in [5.74, 6) is -1.35. The third-order valence-corrected chi connectivity index (χ3v) is 4.05. The third kappa shape index (κ3) is 4.68. The maximum atomic E-state index is 13.9. The van der Waals surface area contributed by atoms with Crippen molar-refractivity contribution in [1.82, 2.24) is 9.97 Å². The van der Waals surface area contributed by atoms with Crippen molar-refractivity contribution < 1.29 is 13.5 Å². The van der Waals surface area contributed by atoms with E-state index >= 15 is 0 Å². The van der Waals surface area contributed by atoms with Gasteiger partial charge in [0.15, 0.2) is 16.7 Å². The van der Waals surface area contributed by atoms with Crippen LogP contribution in [0.3, 0.4) is 0 Å². The second-order valence-corrected chi connectivity index (χ2v) is 6.22. The van der Waals surface area contributed by atoms with Gasteiger partial charge in [-0.25, -0.2) is 13.8 Å². The normalized spacial score (nSPS) is 10.3. The van der Waals surface area contributed by atoms with Gasteiger partial charge in [-0.15, -0.1) is 11.3 Å². The summed E-state index contributed by atoms with van der Waals surface area (Å²) in [5, 5.41) is 7.12. The first-order chi connectivity index (χ1) is 12.1. The van der Waals surface area contributed by atoms with E-state index in [9.17, 15) is 8.78 Å². The second-order valence-electron chi connectivity index (χ2n) is 4.78. The van der Waals surface area contributed by atoms with E-state index < -0.39 is 11.6 Å². The van der Waals surface area contributed by atoms with Crippen LogP contribution < -0.4 is 15.4 Å². The summed E-state index contributed by atoms with van der Waals surface area (Å²) in [6.45, 7) is 0.278. The maximum Gasteiger partial charge on any atom is 0.318 e. The van der Waals surface area contributed by atoms with E-state index in [-0.39, 0.29) is 29.2 Å². The van der Waals surface area contributed by atoms with Crippen molar-refractivity contribution >= 4 is 40.2 Å². The smallest absolute Gasteiger partial charge is 0.318 e. The highest BCUT2D eigenvalue weighted by Crippen LogP contribution is 2.17. The molecule has 0 unspecified atom stereocenters. The molecule has 128 valence electrons. The first kappa shape index (κ1) is 17.2. The number of nitrogens with zero attached hydrogens (tertiary/aromatic N) is 2. The Balaban J connectivity index is 1.65. The van der Waals surface area contributed by atoms with Crippen molar-refractivity contribution in [2.24, 2.45) is 0 Å². The van der Waals surface area contributed by atoms with Gasteiger partial charge in [-0.05, 0) is 35.8 Å². The Morgan fingerprint density at radius 3 is 2.72 bits per heavy atom. The van der Waals surface area contributed by atoms with Crippen LogP contribution in [-0.4, -0.2) is 15.1 Å². The number of benzene rings is 1. The van der Waals surface area contributed by atoms with Gasteiger partial charge in [0, 0.05) is 4.88 Å². The number of hydrogen-bond donors (Lipinski definition) is 2. The summed E-state index contributed by atoms with van der Waals surface area (Å²) in [6, 6.07) is 9.80. The van der Waals surface area contributed by atoms with E-state index in [1.807, 2.05) is 17.5 Å². The van der Waals surface area contributed by atoms with E-state index in [2.05, 4.69) is 20.6 Å². The summed E-state index contributed by atoms with van der Waals surface area (Å²) in [5.41, 5.74) is 0.170. The summed E-state index contributed by atoms with van der Waals surface area (Å²) >= 11 is 6.58. The molecule has 0 bridgehead atoms. The lowest BCUT2D eigenvalue weighted by atomic mass is 10.3. The quantitative estimate of drug-likeness (QED) is 0.649. The molecule has 0 saturated carbocycles. The Hall–Kier alpha value is -2.65. The van der Waals surface area contributed by atoms with E-state index in [0.717, 1.165) is 11.1 Å².